The van der Waals surface area contributed by atoms with E-state index < -0.39 is 0 Å². The van der Waals surface area contributed by atoms with Crippen molar-refractivity contribution < 1.29 is 0 Å². The van der Waals surface area contributed by atoms with Crippen LogP contribution >= 0.6 is 0 Å². The Kier molecular flexibility index (Phi) is 2.02. The fraction of sp³-hybridized carbons (Fsp3) is 0. The molecule has 0 saturated carbocycles. The minimum atomic E-state index is 0.596. The predicted octanol–water partition coefficient (Wildman–Crippen LogP) is 1.73. The van der Waals surface area contributed by atoms with Gasteiger partial charge >= 0.3 is 0 Å². The Morgan fingerprint density at radius 1 is 1.00 bits per heavy atom. The minimum Gasteiger partial charge on any atom is -0.244 e. The Morgan fingerprint density at radius 2 is 1.84 bits per heavy atom. The fourth-order valence-corrected chi connectivity index (χ4v) is 2.02. The zero-order valence-corrected chi connectivity index (χ0v) is 9.80. The number of rotatable bonds is 1. The summed E-state index contributed by atoms with van der Waals surface area (Å²) in [5.41, 5.74) is 2.47. The Balaban J connectivity index is 2.04. The van der Waals surface area contributed by atoms with Crippen molar-refractivity contribution in [1.29, 1.82) is 0 Å². The van der Waals surface area contributed by atoms with Crippen LogP contribution in [0.4, 0.5) is 0 Å². The summed E-state index contributed by atoms with van der Waals surface area (Å²) in [6.45, 7) is 0. The second kappa shape index (κ2) is 3.81. The van der Waals surface area contributed by atoms with Crippen molar-refractivity contribution in [3.05, 3.63) is 49.3 Å². The number of benzene rings is 1. The lowest BCUT2D eigenvalue weighted by molar-refractivity contribution is 0.936. The summed E-state index contributed by atoms with van der Waals surface area (Å²) in [6.07, 6.45) is 6.53. The molecule has 0 unspecified atom stereocenters. The van der Waals surface area contributed by atoms with Gasteiger partial charge in [0.25, 0.3) is 0 Å². The molecule has 3 aromatic heterocycles. The molecule has 0 bridgehead atoms. The number of fused-ring (bicyclic) bond motifs is 3. The van der Waals surface area contributed by atoms with Gasteiger partial charge in [-0.2, -0.15) is 0 Å². The monoisotopic (exact) mass is 248 g/mol. The highest BCUT2D eigenvalue weighted by atomic mass is 15.3. The van der Waals surface area contributed by atoms with Gasteiger partial charge in [-0.15, -0.1) is 5.10 Å². The highest BCUT2D eigenvalue weighted by molar-refractivity contribution is 5.91. The number of aromatic nitrogens is 6. The maximum atomic E-state index is 4.54. The van der Waals surface area contributed by atoms with Gasteiger partial charge in [-0.3, -0.25) is 0 Å². The lowest BCUT2D eigenvalue weighted by Gasteiger charge is -1.96. The Bertz CT molecular complexity index is 868. The van der Waals surface area contributed by atoms with Crippen molar-refractivity contribution in [2.75, 3.05) is 0 Å². The van der Waals surface area contributed by atoms with Gasteiger partial charge in [0.2, 0.25) is 0 Å². The van der Waals surface area contributed by atoms with Crippen molar-refractivity contribution in [1.82, 2.24) is 29.5 Å². The Morgan fingerprint density at radius 3 is 2.74 bits per heavy atom. The summed E-state index contributed by atoms with van der Waals surface area (Å²) in [6, 6.07) is 7.85. The molecule has 0 saturated heterocycles. The van der Waals surface area contributed by atoms with Crippen LogP contribution in [0, 0.1) is 0 Å². The van der Waals surface area contributed by atoms with E-state index in [1.54, 1.807) is 23.2 Å². The van der Waals surface area contributed by atoms with Crippen molar-refractivity contribution in [2.24, 2.45) is 0 Å². The molecule has 0 spiro atoms. The third kappa shape index (κ3) is 1.54. The first-order chi connectivity index (χ1) is 9.42. The van der Waals surface area contributed by atoms with Crippen LogP contribution in [-0.4, -0.2) is 29.5 Å². The molecule has 4 aromatic rings. The molecular formula is C13H8N6. The Labute approximate surface area is 107 Å². The van der Waals surface area contributed by atoms with E-state index in [2.05, 4.69) is 25.0 Å². The summed E-state index contributed by atoms with van der Waals surface area (Å²) in [7, 11) is 0. The molecule has 0 amide bonds. The van der Waals surface area contributed by atoms with E-state index in [1.807, 2.05) is 24.3 Å². The van der Waals surface area contributed by atoms with E-state index in [1.165, 1.54) is 6.33 Å². The maximum Gasteiger partial charge on any atom is 0.185 e. The summed E-state index contributed by atoms with van der Waals surface area (Å²) in [5, 5.41) is 5.37. The van der Waals surface area contributed by atoms with Crippen LogP contribution < -0.4 is 0 Å². The van der Waals surface area contributed by atoms with E-state index in [9.17, 15) is 0 Å². The van der Waals surface area contributed by atoms with E-state index in [-0.39, 0.29) is 0 Å². The highest BCUT2D eigenvalue weighted by Crippen LogP contribution is 2.19. The van der Waals surface area contributed by atoms with Crippen LogP contribution in [0.2, 0.25) is 0 Å². The Hall–Kier alpha value is -2.89. The van der Waals surface area contributed by atoms with Gasteiger partial charge in [-0.25, -0.2) is 24.5 Å². The molecule has 1 aromatic carbocycles. The number of para-hydroxylation sites is 1. The third-order valence-corrected chi connectivity index (χ3v) is 2.90. The van der Waals surface area contributed by atoms with Crippen LogP contribution in [0.3, 0.4) is 0 Å². The number of hydrogen-bond donors (Lipinski definition) is 0. The van der Waals surface area contributed by atoms with E-state index in [4.69, 9.17) is 0 Å². The molecule has 0 atom stereocenters. The zero-order valence-electron chi connectivity index (χ0n) is 9.80. The zero-order chi connectivity index (χ0) is 12.7. The predicted molar refractivity (Wildman–Crippen MR) is 69.3 cm³/mol. The standard InChI is InChI=1S/C13H8N6/c1-2-4-11-10(3-1)13-17-12(18-19(13)8-16-11)9-5-14-7-15-6-9/h1-8H. The van der Waals surface area contributed by atoms with Crippen LogP contribution in [0.5, 0.6) is 0 Å². The van der Waals surface area contributed by atoms with Gasteiger partial charge in [0.05, 0.1) is 11.1 Å². The molecule has 0 radical (unpaired) electrons. The molecule has 19 heavy (non-hydrogen) atoms. The topological polar surface area (TPSA) is 68.9 Å². The lowest BCUT2D eigenvalue weighted by atomic mass is 10.2. The normalized spacial score (nSPS) is 11.2. The summed E-state index contributed by atoms with van der Waals surface area (Å²) < 4.78 is 1.67. The molecule has 6 nitrogen and oxygen atoms in total. The molecular weight excluding hydrogens is 240 g/mol. The maximum absolute atomic E-state index is 4.54. The highest BCUT2D eigenvalue weighted by Gasteiger charge is 2.09. The van der Waals surface area contributed by atoms with E-state index in [0.717, 1.165) is 22.1 Å². The van der Waals surface area contributed by atoms with Crippen LogP contribution in [0.25, 0.3) is 27.9 Å². The molecule has 4 rings (SSSR count). The number of nitrogens with zero attached hydrogens (tertiary/aromatic N) is 6. The first-order valence-electron chi connectivity index (χ1n) is 5.77. The molecule has 0 N–H and O–H groups in total. The van der Waals surface area contributed by atoms with Gasteiger partial charge in [0, 0.05) is 17.8 Å². The summed E-state index contributed by atoms with van der Waals surface area (Å²) >= 11 is 0. The van der Waals surface area contributed by atoms with E-state index >= 15 is 0 Å². The molecule has 0 fully saturated rings. The van der Waals surface area contributed by atoms with Gasteiger partial charge in [0.15, 0.2) is 11.5 Å². The van der Waals surface area contributed by atoms with Crippen LogP contribution in [0.15, 0.2) is 49.3 Å². The molecule has 3 heterocycles. The summed E-state index contributed by atoms with van der Waals surface area (Å²) in [4.78, 5) is 16.8. The molecule has 6 heteroatoms. The van der Waals surface area contributed by atoms with Crippen molar-refractivity contribution >= 4 is 16.6 Å². The van der Waals surface area contributed by atoms with Crippen LogP contribution in [-0.2, 0) is 0 Å². The van der Waals surface area contributed by atoms with Crippen LogP contribution in [0.1, 0.15) is 0 Å². The van der Waals surface area contributed by atoms with Gasteiger partial charge in [0.1, 0.15) is 12.7 Å². The van der Waals surface area contributed by atoms with Gasteiger partial charge in [-0.05, 0) is 12.1 Å². The van der Waals surface area contributed by atoms with Gasteiger partial charge in [-0.1, -0.05) is 12.1 Å². The summed E-state index contributed by atoms with van der Waals surface area (Å²) in [5.74, 6) is 0.596. The average Bonchev–Trinajstić information content (AvgIpc) is 2.93. The molecule has 90 valence electrons. The minimum absolute atomic E-state index is 0.596. The lowest BCUT2D eigenvalue weighted by Crippen LogP contribution is -1.90. The third-order valence-electron chi connectivity index (χ3n) is 2.90. The second-order valence-electron chi connectivity index (χ2n) is 4.09. The number of hydrogen-bond acceptors (Lipinski definition) is 5. The largest absolute Gasteiger partial charge is 0.244 e. The SMILES string of the molecule is c1ccc2c(c1)ncn1nc(-c3cncnc3)nc21. The van der Waals surface area contributed by atoms with E-state index in [0.29, 0.717) is 5.82 Å². The average molecular weight is 248 g/mol. The van der Waals surface area contributed by atoms with Gasteiger partial charge < -0.3 is 0 Å². The van der Waals surface area contributed by atoms with Crippen molar-refractivity contribution in [3.8, 4) is 11.4 Å². The van der Waals surface area contributed by atoms with Crippen molar-refractivity contribution in [2.45, 2.75) is 0 Å². The molecule has 0 aliphatic carbocycles. The second-order valence-corrected chi connectivity index (χ2v) is 4.09. The fourth-order valence-electron chi connectivity index (χ4n) is 2.02. The quantitative estimate of drug-likeness (QED) is 0.513. The first-order valence-corrected chi connectivity index (χ1v) is 5.77. The smallest absolute Gasteiger partial charge is 0.185 e. The van der Waals surface area contributed by atoms with Crippen molar-refractivity contribution in [3.63, 3.8) is 0 Å². The first kappa shape index (κ1) is 10.1. The molecule has 0 aliphatic heterocycles. The molecule has 0 aliphatic rings.